The number of carboxylic acids is 1. The predicted molar refractivity (Wildman–Crippen MR) is 196 cm³/mol. The Labute approximate surface area is 396 Å². The molecule has 0 atom stereocenters. The van der Waals surface area contributed by atoms with Crippen molar-refractivity contribution in [3.05, 3.63) is 124 Å². The third-order valence-electron chi connectivity index (χ3n) is 7.91. The molecule has 23 heteroatoms. The van der Waals surface area contributed by atoms with E-state index < -0.39 is 70.0 Å². The molecule has 0 heterocycles. The van der Waals surface area contributed by atoms with Gasteiger partial charge in [-0.15, -0.1) is 5.11 Å². The van der Waals surface area contributed by atoms with Gasteiger partial charge in [0.05, 0.1) is 49.8 Å². The van der Waals surface area contributed by atoms with Crippen LogP contribution in [-0.2, 0) is 25.0 Å². The van der Waals surface area contributed by atoms with Gasteiger partial charge in [0, 0.05) is 6.08 Å². The second kappa shape index (κ2) is 19.7. The molecule has 4 aromatic rings. The first-order valence-electron chi connectivity index (χ1n) is 15.5. The molecule has 2 aliphatic carbocycles. The Kier molecular flexibility index (Phi) is 16.4. The van der Waals surface area contributed by atoms with E-state index in [2.05, 4.69) is 31.3 Å². The van der Waals surface area contributed by atoms with Crippen LogP contribution >= 0.6 is 0 Å². The van der Waals surface area contributed by atoms with Crippen molar-refractivity contribution in [2.45, 2.75) is 4.90 Å². The van der Waals surface area contributed by atoms with Gasteiger partial charge in [0.1, 0.15) is 37.3 Å². The standard InChI is InChI=1S/C35H26N8O10S2.3Na/c36-26-17-25(44)13-14-27(26)41-38-22-7-1-18(2-8-22)19-3-9-23(10-4-19)39-42-32-28(54(48,49)50)15-21-16-29(55(51,52)53)33(34(45)30(21)31(32)37)43-40-24-11-5-20(6-12-24)35(46)47;;;/h1-17,38,40H,36-37H2,(H,46,47)(H,48,49,50)(H,51,52,53);;;/q;3*+1/p-3. The van der Waals surface area contributed by atoms with E-state index in [1.165, 1.54) is 42.5 Å². The number of benzene rings is 4. The zero-order valence-corrected chi connectivity index (χ0v) is 38.3. The molecular formula is C35H23N8Na3O10S2. The van der Waals surface area contributed by atoms with Crippen molar-refractivity contribution in [3.8, 4) is 11.1 Å². The number of hydrazone groups is 2. The van der Waals surface area contributed by atoms with Crippen LogP contribution in [0.2, 0.25) is 0 Å². The van der Waals surface area contributed by atoms with E-state index in [1.54, 1.807) is 36.4 Å². The number of hydrogen-bond acceptors (Lipinski definition) is 18. The maximum Gasteiger partial charge on any atom is 1.00 e. The van der Waals surface area contributed by atoms with Gasteiger partial charge < -0.3 is 30.5 Å². The maximum atomic E-state index is 13.7. The summed E-state index contributed by atoms with van der Waals surface area (Å²) in [5.74, 6) is -2.95. The van der Waals surface area contributed by atoms with E-state index in [-0.39, 0.29) is 117 Å². The summed E-state index contributed by atoms with van der Waals surface area (Å²) in [5.41, 5.74) is 16.7. The number of azo groups is 1. The zero-order valence-electron chi connectivity index (χ0n) is 30.7. The number of nitrogens with two attached hydrogens (primary N) is 2. The summed E-state index contributed by atoms with van der Waals surface area (Å²) in [6, 6.07) is 18.9. The Bertz CT molecular complexity index is 2720. The molecule has 18 nitrogen and oxygen atoms in total. The van der Waals surface area contributed by atoms with Crippen molar-refractivity contribution in [2.75, 3.05) is 16.6 Å². The smallest absolute Gasteiger partial charge is 0.744 e. The van der Waals surface area contributed by atoms with Crippen LogP contribution in [0.4, 0.5) is 28.4 Å². The van der Waals surface area contributed by atoms with Crippen molar-refractivity contribution in [1.29, 1.82) is 0 Å². The minimum atomic E-state index is -5.43. The van der Waals surface area contributed by atoms with Crippen LogP contribution in [0.1, 0.15) is 26.3 Å². The maximum absolute atomic E-state index is 13.7. The summed E-state index contributed by atoms with van der Waals surface area (Å²) in [6.07, 6.45) is 4.74. The average Bonchev–Trinajstić information content (AvgIpc) is 3.13. The molecule has 0 radical (unpaired) electrons. The summed E-state index contributed by atoms with van der Waals surface area (Å²) in [6.45, 7) is 0. The first-order chi connectivity index (χ1) is 26.0. The quantitative estimate of drug-likeness (QED) is 0.0289. The van der Waals surface area contributed by atoms with Gasteiger partial charge in [0.25, 0.3) is 0 Å². The molecule has 0 spiro atoms. The van der Waals surface area contributed by atoms with Crippen LogP contribution in [0.15, 0.2) is 133 Å². The molecule has 4 aromatic carbocycles. The van der Waals surface area contributed by atoms with Crippen LogP contribution in [0.5, 0.6) is 0 Å². The van der Waals surface area contributed by atoms with Crippen molar-refractivity contribution in [1.82, 2.24) is 0 Å². The number of aromatic carboxylic acids is 1. The number of hydrogen-bond donors (Lipinski definition) is 4. The Morgan fingerprint density at radius 3 is 1.78 bits per heavy atom. The number of carboxylic acid groups (broad SMARTS) is 1. The third kappa shape index (κ3) is 11.1. The number of rotatable bonds is 10. The molecule has 6 N–H and O–H groups in total. The number of nitrogens with zero attached hydrogens (tertiary/aromatic N) is 4. The minimum Gasteiger partial charge on any atom is -0.744 e. The molecule has 58 heavy (non-hydrogen) atoms. The molecule has 0 aromatic heterocycles. The Morgan fingerprint density at radius 2 is 1.24 bits per heavy atom. The van der Waals surface area contributed by atoms with Gasteiger partial charge in [0.2, 0.25) is 5.78 Å². The summed E-state index contributed by atoms with van der Waals surface area (Å²) in [5, 5.41) is 26.8. The van der Waals surface area contributed by atoms with E-state index in [0.717, 1.165) is 23.3 Å². The second-order valence-electron chi connectivity index (χ2n) is 11.6. The number of fused-ring (bicyclic) bond motifs is 1. The van der Waals surface area contributed by atoms with E-state index >= 15 is 0 Å². The Morgan fingerprint density at radius 1 is 0.690 bits per heavy atom. The Hall–Kier alpha value is -4.13. The van der Waals surface area contributed by atoms with Gasteiger partial charge in [-0.25, -0.2) is 16.8 Å². The van der Waals surface area contributed by atoms with Crippen LogP contribution in [-0.4, -0.2) is 54.9 Å². The van der Waals surface area contributed by atoms with E-state index in [1.807, 2.05) is 0 Å². The molecular weight excluding hydrogens is 826 g/mol. The van der Waals surface area contributed by atoms with Gasteiger partial charge in [-0.3, -0.25) is 20.4 Å². The van der Waals surface area contributed by atoms with Gasteiger partial charge in [-0.2, -0.15) is 15.3 Å². The SMILES string of the molecule is NC1=CC(=O)C=CC1=NNc1ccc(-c2ccc(N=Nc3c(S(=O)(=O)[O-])cc4c(c3N)C(=O)C(=NNc3ccc(C(=O)[O-])cc3)C(S(=O)(=O)[O-])=C4)cc2)cc1.[Na+].[Na+].[Na+]. The van der Waals surface area contributed by atoms with Gasteiger partial charge in [-0.1, -0.05) is 36.4 Å². The molecule has 0 unspecified atom stereocenters. The van der Waals surface area contributed by atoms with Crippen molar-refractivity contribution >= 4 is 83.7 Å². The number of allylic oxidation sites excluding steroid dienone is 4. The first kappa shape index (κ1) is 48.2. The van der Waals surface area contributed by atoms with Crippen LogP contribution in [0.25, 0.3) is 17.2 Å². The largest absolute Gasteiger partial charge is 1.00 e. The number of nitrogen functional groups attached to an aromatic ring is 1. The topological polar surface area (TPSA) is 314 Å². The molecule has 0 aliphatic heterocycles. The molecule has 278 valence electrons. The van der Waals surface area contributed by atoms with Crippen LogP contribution < -0.4 is 116 Å². The summed E-state index contributed by atoms with van der Waals surface area (Å²) in [4.78, 5) is 33.9. The third-order valence-corrected chi connectivity index (χ3v) is 9.61. The normalized spacial score (nSPS) is 15.1. The molecule has 0 fully saturated rings. The fraction of sp³-hybridized carbons (Fsp3) is 0. The molecule has 0 bridgehead atoms. The second-order valence-corrected chi connectivity index (χ2v) is 14.2. The molecule has 0 saturated heterocycles. The van der Waals surface area contributed by atoms with E-state index in [0.29, 0.717) is 23.5 Å². The monoisotopic (exact) mass is 848 g/mol. The fourth-order valence-electron chi connectivity index (χ4n) is 5.21. The summed E-state index contributed by atoms with van der Waals surface area (Å²) < 4.78 is 73.5. The predicted octanol–water partition coefficient (Wildman–Crippen LogP) is -6.07. The first-order valence-corrected chi connectivity index (χ1v) is 18.3. The van der Waals surface area contributed by atoms with E-state index in [4.69, 9.17) is 11.5 Å². The average molecular weight is 849 g/mol. The summed E-state index contributed by atoms with van der Waals surface area (Å²) in [7, 11) is -10.8. The van der Waals surface area contributed by atoms with Crippen molar-refractivity contribution < 1.29 is 134 Å². The Balaban J connectivity index is 0.00000300. The van der Waals surface area contributed by atoms with E-state index in [9.17, 15) is 45.4 Å². The molecule has 2 aliphatic rings. The van der Waals surface area contributed by atoms with Crippen LogP contribution in [0.3, 0.4) is 0 Å². The number of anilines is 3. The van der Waals surface area contributed by atoms with Crippen molar-refractivity contribution in [2.24, 2.45) is 26.2 Å². The number of Topliss-reactive ketones (excluding diaryl/α,β-unsaturated/α-hetero) is 1. The number of ketones is 2. The fourth-order valence-corrected chi connectivity index (χ4v) is 6.52. The van der Waals surface area contributed by atoms with Crippen LogP contribution in [0, 0.1) is 0 Å². The van der Waals surface area contributed by atoms with Crippen molar-refractivity contribution in [3.63, 3.8) is 0 Å². The molecule has 0 amide bonds. The number of carbonyl (C=O) groups is 3. The van der Waals surface area contributed by atoms with Gasteiger partial charge in [-0.05, 0) is 82.9 Å². The zero-order chi connectivity index (χ0) is 39.7. The van der Waals surface area contributed by atoms with Gasteiger partial charge in [0.15, 0.2) is 5.78 Å². The number of carbonyl (C=O) groups excluding carboxylic acids is 3. The number of nitrogens with one attached hydrogen (secondary N) is 2. The van der Waals surface area contributed by atoms with Gasteiger partial charge >= 0.3 is 88.7 Å². The summed E-state index contributed by atoms with van der Waals surface area (Å²) >= 11 is 0. The minimum absolute atomic E-state index is 0. The molecule has 6 rings (SSSR count). The molecule has 0 saturated carbocycles.